The minimum atomic E-state index is -0.270. The van der Waals surface area contributed by atoms with Crippen molar-refractivity contribution in [3.05, 3.63) is 45.0 Å². The lowest BCUT2D eigenvalue weighted by Crippen LogP contribution is -2.13. The standard InChI is InChI=1S/C13H15N3OS/c1-7(2)8-3-5-9(6-4-8)10-11(14)15-13(18)16-12(10)17/h3-7H,1-2H3,(H4,14,15,16,17,18). The monoisotopic (exact) mass is 261 g/mol. The van der Waals surface area contributed by atoms with Crippen LogP contribution in [-0.2, 0) is 0 Å². The van der Waals surface area contributed by atoms with E-state index < -0.39 is 0 Å². The van der Waals surface area contributed by atoms with E-state index in [0.717, 1.165) is 5.56 Å². The molecule has 1 aromatic heterocycles. The first-order valence-corrected chi connectivity index (χ1v) is 6.12. The molecule has 4 N–H and O–H groups in total. The fourth-order valence-electron chi connectivity index (χ4n) is 1.83. The molecule has 0 aliphatic heterocycles. The van der Waals surface area contributed by atoms with Crippen molar-refractivity contribution in [2.45, 2.75) is 19.8 Å². The summed E-state index contributed by atoms with van der Waals surface area (Å²) >= 11 is 4.86. The predicted octanol–water partition coefficient (Wildman–Crippen LogP) is 2.81. The van der Waals surface area contributed by atoms with Gasteiger partial charge in [-0.2, -0.15) is 0 Å². The van der Waals surface area contributed by atoms with E-state index in [-0.39, 0.29) is 10.3 Å². The van der Waals surface area contributed by atoms with Gasteiger partial charge in [0, 0.05) is 0 Å². The highest BCUT2D eigenvalue weighted by molar-refractivity contribution is 7.71. The van der Waals surface area contributed by atoms with E-state index in [9.17, 15) is 4.79 Å². The molecule has 0 saturated carbocycles. The van der Waals surface area contributed by atoms with E-state index in [1.165, 1.54) is 5.56 Å². The number of aromatic nitrogens is 2. The third-order valence-electron chi connectivity index (χ3n) is 2.84. The summed E-state index contributed by atoms with van der Waals surface area (Å²) in [7, 11) is 0. The molecule has 0 aliphatic carbocycles. The van der Waals surface area contributed by atoms with E-state index >= 15 is 0 Å². The van der Waals surface area contributed by atoms with Gasteiger partial charge in [0.15, 0.2) is 4.77 Å². The highest BCUT2D eigenvalue weighted by atomic mass is 32.1. The summed E-state index contributed by atoms with van der Waals surface area (Å²) < 4.78 is 0.236. The molecule has 94 valence electrons. The zero-order chi connectivity index (χ0) is 13.3. The van der Waals surface area contributed by atoms with Crippen molar-refractivity contribution < 1.29 is 0 Å². The van der Waals surface area contributed by atoms with Gasteiger partial charge >= 0.3 is 0 Å². The van der Waals surface area contributed by atoms with Crippen molar-refractivity contribution in [1.29, 1.82) is 0 Å². The minimum Gasteiger partial charge on any atom is -0.385 e. The van der Waals surface area contributed by atoms with E-state index in [0.29, 0.717) is 17.3 Å². The Labute approximate surface area is 110 Å². The molecular weight excluding hydrogens is 246 g/mol. The van der Waals surface area contributed by atoms with Gasteiger partial charge in [-0.1, -0.05) is 38.1 Å². The number of rotatable bonds is 2. The van der Waals surface area contributed by atoms with Gasteiger partial charge in [-0.3, -0.25) is 9.78 Å². The Bertz CT molecular complexity index is 668. The second-order valence-electron chi connectivity index (χ2n) is 4.47. The summed E-state index contributed by atoms with van der Waals surface area (Å²) in [5.74, 6) is 0.748. The quantitative estimate of drug-likeness (QED) is 0.728. The molecule has 0 fully saturated rings. The van der Waals surface area contributed by atoms with Crippen LogP contribution in [0.25, 0.3) is 11.1 Å². The number of hydrogen-bond donors (Lipinski definition) is 3. The number of nitrogens with one attached hydrogen (secondary N) is 2. The number of aromatic amines is 2. The zero-order valence-corrected chi connectivity index (χ0v) is 11.1. The minimum absolute atomic E-state index is 0.236. The molecule has 0 unspecified atom stereocenters. The Morgan fingerprint density at radius 3 is 2.28 bits per heavy atom. The van der Waals surface area contributed by atoms with Crippen LogP contribution in [0.4, 0.5) is 5.82 Å². The van der Waals surface area contributed by atoms with Crippen molar-refractivity contribution >= 4 is 18.0 Å². The van der Waals surface area contributed by atoms with Crippen LogP contribution in [0.15, 0.2) is 29.1 Å². The molecule has 0 bridgehead atoms. The first-order valence-electron chi connectivity index (χ1n) is 5.71. The van der Waals surface area contributed by atoms with Crippen molar-refractivity contribution in [1.82, 2.24) is 9.97 Å². The van der Waals surface area contributed by atoms with E-state index in [1.54, 1.807) is 0 Å². The SMILES string of the molecule is CC(C)c1ccc(-c2c(N)[nH]c(=S)[nH]c2=O)cc1. The number of nitrogens with two attached hydrogens (primary N) is 1. The van der Waals surface area contributed by atoms with Crippen LogP contribution in [0.2, 0.25) is 0 Å². The summed E-state index contributed by atoms with van der Waals surface area (Å²) in [6.45, 7) is 4.24. The first kappa shape index (κ1) is 12.6. The van der Waals surface area contributed by atoms with Crippen molar-refractivity contribution in [2.75, 3.05) is 5.73 Å². The van der Waals surface area contributed by atoms with E-state index in [1.807, 2.05) is 24.3 Å². The maximum absolute atomic E-state index is 11.9. The average molecular weight is 261 g/mol. The summed E-state index contributed by atoms with van der Waals surface area (Å²) in [4.78, 5) is 17.1. The van der Waals surface area contributed by atoms with Gasteiger partial charge < -0.3 is 10.7 Å². The molecule has 1 heterocycles. The highest BCUT2D eigenvalue weighted by Crippen LogP contribution is 2.22. The van der Waals surface area contributed by atoms with Crippen LogP contribution >= 0.6 is 12.2 Å². The fraction of sp³-hybridized carbons (Fsp3) is 0.231. The molecule has 2 rings (SSSR count). The molecule has 0 radical (unpaired) electrons. The second kappa shape index (κ2) is 4.78. The van der Waals surface area contributed by atoms with Crippen LogP contribution in [0.5, 0.6) is 0 Å². The first-order chi connectivity index (χ1) is 8.49. The van der Waals surface area contributed by atoms with Crippen LogP contribution < -0.4 is 11.3 Å². The van der Waals surface area contributed by atoms with Crippen molar-refractivity contribution in [3.63, 3.8) is 0 Å². The number of nitrogen functional groups attached to an aromatic ring is 1. The van der Waals surface area contributed by atoms with Crippen molar-refractivity contribution in [2.24, 2.45) is 0 Å². The number of anilines is 1. The molecule has 18 heavy (non-hydrogen) atoms. The molecule has 4 nitrogen and oxygen atoms in total. The predicted molar refractivity (Wildman–Crippen MR) is 76.2 cm³/mol. The molecule has 0 aliphatic rings. The number of hydrogen-bond acceptors (Lipinski definition) is 3. The molecule has 0 saturated heterocycles. The lowest BCUT2D eigenvalue weighted by molar-refractivity contribution is 0.867. The summed E-state index contributed by atoms with van der Waals surface area (Å²) in [6, 6.07) is 7.79. The number of H-pyrrole nitrogens is 2. The van der Waals surface area contributed by atoms with Gasteiger partial charge in [0.05, 0.1) is 5.56 Å². The maximum Gasteiger partial charge on any atom is 0.261 e. The van der Waals surface area contributed by atoms with Gasteiger partial charge in [0.25, 0.3) is 5.56 Å². The van der Waals surface area contributed by atoms with Crippen LogP contribution in [0.3, 0.4) is 0 Å². The maximum atomic E-state index is 11.9. The Kier molecular flexibility index (Phi) is 3.34. The van der Waals surface area contributed by atoms with E-state index in [4.69, 9.17) is 18.0 Å². The molecule has 1 aromatic carbocycles. The number of benzene rings is 1. The highest BCUT2D eigenvalue weighted by Gasteiger charge is 2.09. The summed E-state index contributed by atoms with van der Waals surface area (Å²) in [6.07, 6.45) is 0. The van der Waals surface area contributed by atoms with Gasteiger partial charge in [-0.05, 0) is 29.3 Å². The van der Waals surface area contributed by atoms with Gasteiger partial charge in [-0.15, -0.1) is 0 Å². The van der Waals surface area contributed by atoms with Crippen LogP contribution in [0, 0.1) is 4.77 Å². The molecule has 5 heteroatoms. The van der Waals surface area contributed by atoms with E-state index in [2.05, 4.69) is 23.8 Å². The third-order valence-corrected chi connectivity index (χ3v) is 3.04. The third kappa shape index (κ3) is 2.36. The second-order valence-corrected chi connectivity index (χ2v) is 4.88. The normalized spacial score (nSPS) is 10.8. The summed E-state index contributed by atoms with van der Waals surface area (Å²) in [5.41, 5.74) is 7.97. The van der Waals surface area contributed by atoms with Gasteiger partial charge in [0.1, 0.15) is 5.82 Å². The topological polar surface area (TPSA) is 74.7 Å². The summed E-state index contributed by atoms with van der Waals surface area (Å²) in [5, 5.41) is 0. The molecule has 0 atom stereocenters. The van der Waals surface area contributed by atoms with Crippen molar-refractivity contribution in [3.8, 4) is 11.1 Å². The Morgan fingerprint density at radius 2 is 1.78 bits per heavy atom. The Morgan fingerprint density at radius 1 is 1.17 bits per heavy atom. The van der Waals surface area contributed by atoms with Crippen LogP contribution in [-0.4, -0.2) is 9.97 Å². The largest absolute Gasteiger partial charge is 0.385 e. The van der Waals surface area contributed by atoms with Crippen LogP contribution in [0.1, 0.15) is 25.3 Å². The average Bonchev–Trinajstić information content (AvgIpc) is 2.28. The van der Waals surface area contributed by atoms with Gasteiger partial charge in [-0.25, -0.2) is 0 Å². The lowest BCUT2D eigenvalue weighted by atomic mass is 9.99. The lowest BCUT2D eigenvalue weighted by Gasteiger charge is -2.08. The Hall–Kier alpha value is -1.88. The molecule has 0 spiro atoms. The van der Waals surface area contributed by atoms with Gasteiger partial charge in [0.2, 0.25) is 0 Å². The molecular formula is C13H15N3OS. The smallest absolute Gasteiger partial charge is 0.261 e. The molecule has 0 amide bonds. The fourth-order valence-corrected chi connectivity index (χ4v) is 2.03. The molecule has 2 aromatic rings. The Balaban J connectivity index is 2.56. The zero-order valence-electron chi connectivity index (χ0n) is 10.3.